The number of nitrogens with two attached hydrogens (primary N) is 2. The lowest BCUT2D eigenvalue weighted by Gasteiger charge is -2.03. The first-order valence-corrected chi connectivity index (χ1v) is 3.73. The summed E-state index contributed by atoms with van der Waals surface area (Å²) >= 11 is 0. The SMILES string of the molecule is CNc1ccc(N)c(/C=C\N)c1. The number of hydrogen-bond donors (Lipinski definition) is 3. The summed E-state index contributed by atoms with van der Waals surface area (Å²) in [6.45, 7) is 0. The molecule has 0 atom stereocenters. The minimum Gasteiger partial charge on any atom is -0.405 e. The highest BCUT2D eigenvalue weighted by molar-refractivity contribution is 5.68. The van der Waals surface area contributed by atoms with E-state index in [9.17, 15) is 0 Å². The Kier molecular flexibility index (Phi) is 2.58. The molecule has 0 amide bonds. The van der Waals surface area contributed by atoms with Gasteiger partial charge in [0.1, 0.15) is 0 Å². The van der Waals surface area contributed by atoms with E-state index in [1.165, 1.54) is 6.20 Å². The summed E-state index contributed by atoms with van der Waals surface area (Å²) in [5, 5.41) is 3.02. The molecule has 0 saturated heterocycles. The second kappa shape index (κ2) is 3.67. The lowest BCUT2D eigenvalue weighted by atomic mass is 10.1. The molecule has 0 fully saturated rings. The summed E-state index contributed by atoms with van der Waals surface area (Å²) in [4.78, 5) is 0. The van der Waals surface area contributed by atoms with Gasteiger partial charge in [-0.1, -0.05) is 0 Å². The minimum atomic E-state index is 0.732. The van der Waals surface area contributed by atoms with Crippen molar-refractivity contribution >= 4 is 17.5 Å². The molecule has 3 heteroatoms. The first-order valence-electron chi connectivity index (χ1n) is 3.73. The fourth-order valence-electron chi connectivity index (χ4n) is 0.978. The number of nitrogen functional groups attached to an aromatic ring is 1. The summed E-state index contributed by atoms with van der Waals surface area (Å²) in [5.41, 5.74) is 13.7. The number of hydrogen-bond acceptors (Lipinski definition) is 3. The molecule has 0 aliphatic rings. The van der Waals surface area contributed by atoms with Crippen LogP contribution in [0.3, 0.4) is 0 Å². The van der Waals surface area contributed by atoms with Crippen LogP contribution in [0, 0.1) is 0 Å². The Morgan fingerprint density at radius 2 is 2.17 bits per heavy atom. The molecule has 1 aromatic carbocycles. The lowest BCUT2D eigenvalue weighted by molar-refractivity contribution is 1.50. The van der Waals surface area contributed by atoms with Crippen LogP contribution in [0.25, 0.3) is 6.08 Å². The predicted octanol–water partition coefficient (Wildman–Crippen LogP) is 1.24. The Morgan fingerprint density at radius 1 is 1.42 bits per heavy atom. The molecule has 64 valence electrons. The lowest BCUT2D eigenvalue weighted by Crippen LogP contribution is -1.93. The van der Waals surface area contributed by atoms with Crippen LogP contribution in [-0.4, -0.2) is 7.05 Å². The fraction of sp³-hybridized carbons (Fsp3) is 0.111. The van der Waals surface area contributed by atoms with E-state index in [1.807, 2.05) is 25.2 Å². The molecule has 1 rings (SSSR count). The Morgan fingerprint density at radius 3 is 2.75 bits per heavy atom. The van der Waals surface area contributed by atoms with Gasteiger partial charge in [0.2, 0.25) is 0 Å². The van der Waals surface area contributed by atoms with Crippen molar-refractivity contribution in [2.24, 2.45) is 5.73 Å². The van der Waals surface area contributed by atoms with Crippen molar-refractivity contribution in [1.29, 1.82) is 0 Å². The van der Waals surface area contributed by atoms with Crippen molar-refractivity contribution < 1.29 is 0 Å². The molecule has 0 radical (unpaired) electrons. The standard InChI is InChI=1S/C9H13N3/c1-12-8-2-3-9(11)7(6-8)4-5-10/h2-6,12H,10-11H2,1H3/b5-4-. The highest BCUT2D eigenvalue weighted by Gasteiger charge is 1.95. The van der Waals surface area contributed by atoms with Gasteiger partial charge in [-0.3, -0.25) is 0 Å². The first kappa shape index (κ1) is 8.46. The van der Waals surface area contributed by atoms with Gasteiger partial charge in [-0.15, -0.1) is 0 Å². The van der Waals surface area contributed by atoms with E-state index in [2.05, 4.69) is 5.32 Å². The Labute approximate surface area is 72.1 Å². The molecule has 0 spiro atoms. The summed E-state index contributed by atoms with van der Waals surface area (Å²) in [6, 6.07) is 5.71. The highest BCUT2D eigenvalue weighted by Crippen LogP contribution is 2.18. The van der Waals surface area contributed by atoms with Crippen LogP contribution in [0.15, 0.2) is 24.4 Å². The molecular weight excluding hydrogens is 150 g/mol. The molecule has 0 heterocycles. The summed E-state index contributed by atoms with van der Waals surface area (Å²) in [7, 11) is 1.86. The molecule has 0 aliphatic heterocycles. The third-order valence-corrected chi connectivity index (χ3v) is 1.65. The largest absolute Gasteiger partial charge is 0.405 e. The summed E-state index contributed by atoms with van der Waals surface area (Å²) in [6.07, 6.45) is 3.25. The third-order valence-electron chi connectivity index (χ3n) is 1.65. The van der Waals surface area contributed by atoms with Gasteiger partial charge in [0.25, 0.3) is 0 Å². The maximum Gasteiger partial charge on any atom is 0.0389 e. The van der Waals surface area contributed by atoms with E-state index in [-0.39, 0.29) is 0 Å². The topological polar surface area (TPSA) is 64.1 Å². The van der Waals surface area contributed by atoms with Crippen molar-refractivity contribution in [2.75, 3.05) is 18.1 Å². The van der Waals surface area contributed by atoms with E-state index in [0.29, 0.717) is 0 Å². The fourth-order valence-corrected chi connectivity index (χ4v) is 0.978. The molecule has 0 bridgehead atoms. The average Bonchev–Trinajstić information content (AvgIpc) is 2.09. The van der Waals surface area contributed by atoms with Gasteiger partial charge in [-0.25, -0.2) is 0 Å². The molecule has 3 nitrogen and oxygen atoms in total. The van der Waals surface area contributed by atoms with Crippen LogP contribution in [0.4, 0.5) is 11.4 Å². The molecule has 0 unspecified atom stereocenters. The molecule has 12 heavy (non-hydrogen) atoms. The number of anilines is 2. The van der Waals surface area contributed by atoms with Gasteiger partial charge in [-0.05, 0) is 30.5 Å². The molecular formula is C9H13N3. The smallest absolute Gasteiger partial charge is 0.0389 e. The Balaban J connectivity index is 3.08. The zero-order chi connectivity index (χ0) is 8.97. The highest BCUT2D eigenvalue weighted by atomic mass is 14.8. The molecule has 1 aromatic rings. The number of nitrogens with one attached hydrogen (secondary N) is 1. The molecule has 0 saturated carbocycles. The van der Waals surface area contributed by atoms with E-state index < -0.39 is 0 Å². The van der Waals surface area contributed by atoms with Gasteiger partial charge in [-0.2, -0.15) is 0 Å². The molecule has 5 N–H and O–H groups in total. The summed E-state index contributed by atoms with van der Waals surface area (Å²) in [5.74, 6) is 0. The van der Waals surface area contributed by atoms with Crippen molar-refractivity contribution in [1.82, 2.24) is 0 Å². The second-order valence-corrected chi connectivity index (χ2v) is 2.45. The summed E-state index contributed by atoms with van der Waals surface area (Å²) < 4.78 is 0. The van der Waals surface area contributed by atoms with E-state index in [0.717, 1.165) is 16.9 Å². The maximum absolute atomic E-state index is 5.70. The third kappa shape index (κ3) is 1.69. The van der Waals surface area contributed by atoms with Gasteiger partial charge in [0, 0.05) is 24.0 Å². The van der Waals surface area contributed by atoms with Crippen LogP contribution in [0.1, 0.15) is 5.56 Å². The van der Waals surface area contributed by atoms with Crippen molar-refractivity contribution in [3.8, 4) is 0 Å². The van der Waals surface area contributed by atoms with Gasteiger partial charge in [0.05, 0.1) is 0 Å². The molecule has 0 aromatic heterocycles. The van der Waals surface area contributed by atoms with Crippen LogP contribution < -0.4 is 16.8 Å². The van der Waals surface area contributed by atoms with Crippen LogP contribution in [0.2, 0.25) is 0 Å². The average molecular weight is 163 g/mol. The van der Waals surface area contributed by atoms with E-state index >= 15 is 0 Å². The predicted molar refractivity (Wildman–Crippen MR) is 53.6 cm³/mol. The van der Waals surface area contributed by atoms with Crippen molar-refractivity contribution in [3.05, 3.63) is 30.0 Å². The zero-order valence-electron chi connectivity index (χ0n) is 7.04. The van der Waals surface area contributed by atoms with Crippen LogP contribution >= 0.6 is 0 Å². The van der Waals surface area contributed by atoms with Gasteiger partial charge >= 0.3 is 0 Å². The van der Waals surface area contributed by atoms with Crippen LogP contribution in [-0.2, 0) is 0 Å². The first-order chi connectivity index (χ1) is 5.77. The monoisotopic (exact) mass is 163 g/mol. The minimum absolute atomic E-state index is 0.732. The van der Waals surface area contributed by atoms with E-state index in [1.54, 1.807) is 6.08 Å². The van der Waals surface area contributed by atoms with Crippen molar-refractivity contribution in [3.63, 3.8) is 0 Å². The quantitative estimate of drug-likeness (QED) is 0.575. The number of rotatable bonds is 2. The zero-order valence-corrected chi connectivity index (χ0v) is 7.04. The van der Waals surface area contributed by atoms with Gasteiger partial charge in [0.15, 0.2) is 0 Å². The van der Waals surface area contributed by atoms with Crippen LogP contribution in [0.5, 0.6) is 0 Å². The number of benzene rings is 1. The molecule has 0 aliphatic carbocycles. The van der Waals surface area contributed by atoms with Crippen molar-refractivity contribution in [2.45, 2.75) is 0 Å². The normalized spacial score (nSPS) is 10.4. The Bertz CT molecular complexity index is 292. The Hall–Kier alpha value is -1.64. The maximum atomic E-state index is 5.70. The second-order valence-electron chi connectivity index (χ2n) is 2.45. The van der Waals surface area contributed by atoms with E-state index in [4.69, 9.17) is 11.5 Å². The van der Waals surface area contributed by atoms with Gasteiger partial charge < -0.3 is 16.8 Å².